The first kappa shape index (κ1) is 29.7. The number of nitrogens with zero attached hydrogens (tertiary/aromatic N) is 9. The van der Waals surface area contributed by atoms with Gasteiger partial charge in [0, 0.05) is 40.1 Å². The average molecular weight is 603 g/mol. The van der Waals surface area contributed by atoms with Gasteiger partial charge in [0.1, 0.15) is 29.6 Å². The van der Waals surface area contributed by atoms with Crippen molar-refractivity contribution >= 4 is 39.2 Å². The Labute approximate surface area is 256 Å². The fourth-order valence-electron chi connectivity index (χ4n) is 5.34. The largest absolute Gasteiger partial charge is 0.270 e. The molecule has 3 aromatic rings. The van der Waals surface area contributed by atoms with E-state index >= 15 is 8.78 Å². The van der Waals surface area contributed by atoms with Crippen LogP contribution in [0.25, 0.3) is 52.9 Å². The summed E-state index contributed by atoms with van der Waals surface area (Å²) >= 11 is 0. The van der Waals surface area contributed by atoms with Gasteiger partial charge >= 0.3 is 0 Å². The maximum atomic E-state index is 16.9. The number of hydrogen-bond donors (Lipinski definition) is 0. The quantitative estimate of drug-likeness (QED) is 0.129. The lowest BCUT2D eigenvalue weighted by Crippen LogP contribution is -1.99. The molecule has 1 aromatic heterocycles. The van der Waals surface area contributed by atoms with Crippen LogP contribution in [0.2, 0.25) is 0 Å². The van der Waals surface area contributed by atoms with Crippen LogP contribution in [-0.4, -0.2) is 4.98 Å². The first-order chi connectivity index (χ1) is 22.1. The molecule has 0 radical (unpaired) electrons. The zero-order valence-electron chi connectivity index (χ0n) is 22.4. The molecule has 0 N–H and O–H groups in total. The van der Waals surface area contributed by atoms with Gasteiger partial charge in [-0.3, -0.25) is 0 Å². The molecule has 210 valence electrons. The van der Waals surface area contributed by atoms with Gasteiger partial charge in [-0.15, -0.1) is 0 Å². The van der Waals surface area contributed by atoms with Crippen LogP contribution in [0.1, 0.15) is 38.9 Å². The molecule has 46 heavy (non-hydrogen) atoms. The van der Waals surface area contributed by atoms with Crippen LogP contribution in [0.3, 0.4) is 0 Å². The van der Waals surface area contributed by atoms with Crippen molar-refractivity contribution in [1.29, 1.82) is 21.0 Å². The minimum atomic E-state index is -1.33. The topological polar surface area (TPSA) is 125 Å². The van der Waals surface area contributed by atoms with Crippen molar-refractivity contribution in [2.45, 2.75) is 0 Å². The Hall–Kier alpha value is -7.81. The monoisotopic (exact) mass is 603 g/mol. The molecule has 0 fully saturated rings. The molecular formula is C33H5F4N9. The lowest BCUT2D eigenvalue weighted by Gasteiger charge is -2.14. The van der Waals surface area contributed by atoms with Crippen LogP contribution in [0, 0.1) is 95.0 Å². The standard InChI is InChI=1S/C33H5F4N9/c1-42-22-8-20(34)16(6-21(22)35)30-29(24(12-41)44-3)18-5-17-27(32(37)31(18)33(30)45-4)19(10-39)26(28(17)23(11-40)43-2)15-7-25(36)46-13-14(15)9-38/h5-8,13H/b28-23+,29-24-. The molecule has 13 heteroatoms. The van der Waals surface area contributed by atoms with E-state index in [4.69, 9.17) is 26.3 Å². The lowest BCUT2D eigenvalue weighted by atomic mass is 9.90. The number of allylic oxidation sites excluding steroid dienone is 7. The number of benzene rings is 2. The third-order valence-electron chi connectivity index (χ3n) is 7.10. The number of pyridine rings is 1. The van der Waals surface area contributed by atoms with E-state index in [2.05, 4.69) is 24.4 Å². The Kier molecular flexibility index (Phi) is 7.17. The van der Waals surface area contributed by atoms with Crippen molar-refractivity contribution in [3.8, 4) is 24.3 Å². The number of hydrogen-bond acceptors (Lipinski definition) is 5. The van der Waals surface area contributed by atoms with Gasteiger partial charge in [-0.1, -0.05) is 0 Å². The summed E-state index contributed by atoms with van der Waals surface area (Å²) in [6, 6.07) is 9.69. The highest BCUT2D eigenvalue weighted by Crippen LogP contribution is 2.56. The number of rotatable bonds is 2. The maximum Gasteiger partial charge on any atom is 0.270 e. The zero-order valence-corrected chi connectivity index (χ0v) is 22.4. The van der Waals surface area contributed by atoms with E-state index in [1.165, 1.54) is 0 Å². The molecule has 2 aromatic carbocycles. The molecule has 9 nitrogen and oxygen atoms in total. The molecule has 0 unspecified atom stereocenters. The van der Waals surface area contributed by atoms with Crippen molar-refractivity contribution in [2.75, 3.05) is 0 Å². The molecule has 5 rings (SSSR count). The van der Waals surface area contributed by atoms with Crippen LogP contribution in [-0.2, 0) is 0 Å². The summed E-state index contributed by atoms with van der Waals surface area (Å²) in [6.45, 7) is 30.1. The van der Waals surface area contributed by atoms with E-state index in [0.29, 0.717) is 12.1 Å². The SMILES string of the molecule is [C-]#[N+]C1=C(c2cc(F)c([N+]#[C-])cc2F)/C(=C(/C#N)[N+]#[C-])c2cc3c(c(F)c21)C(C#N)=C(c1cc(F)ncc1C#N)/C3=C(\C#N)[N+]#[C-]. The maximum absolute atomic E-state index is 16.9. The van der Waals surface area contributed by atoms with Gasteiger partial charge in [0.05, 0.1) is 49.6 Å². The molecule has 0 amide bonds. The third-order valence-corrected chi connectivity index (χ3v) is 7.10. The van der Waals surface area contributed by atoms with Crippen LogP contribution in [0.4, 0.5) is 23.2 Å². The Balaban J connectivity index is 2.03. The first-order valence-electron chi connectivity index (χ1n) is 12.3. The van der Waals surface area contributed by atoms with Gasteiger partial charge in [-0.2, -0.15) is 14.9 Å². The fraction of sp³-hybridized carbons (Fsp3) is 0. The molecule has 0 atom stereocenters. The van der Waals surface area contributed by atoms with Crippen LogP contribution < -0.4 is 0 Å². The number of halogens is 4. The molecule has 1 heterocycles. The first-order valence-corrected chi connectivity index (χ1v) is 12.3. The summed E-state index contributed by atoms with van der Waals surface area (Å²) in [6.07, 6.45) is 0.836. The summed E-state index contributed by atoms with van der Waals surface area (Å²) in [7, 11) is 0. The highest BCUT2D eigenvalue weighted by molar-refractivity contribution is 6.29. The van der Waals surface area contributed by atoms with Gasteiger partial charge in [-0.05, 0) is 46.0 Å². The Morgan fingerprint density at radius 2 is 1.30 bits per heavy atom. The molecule has 0 saturated carbocycles. The lowest BCUT2D eigenvalue weighted by molar-refractivity contribution is 0.583. The van der Waals surface area contributed by atoms with E-state index in [0.717, 1.165) is 18.3 Å². The number of fused-ring (bicyclic) bond motifs is 2. The van der Waals surface area contributed by atoms with Crippen molar-refractivity contribution < 1.29 is 17.6 Å². The Morgan fingerprint density at radius 3 is 1.85 bits per heavy atom. The highest BCUT2D eigenvalue weighted by atomic mass is 19.1. The summed E-state index contributed by atoms with van der Waals surface area (Å²) in [5.41, 5.74) is -8.35. The molecular weight excluding hydrogens is 598 g/mol. The molecule has 2 aliphatic carbocycles. The predicted octanol–water partition coefficient (Wildman–Crippen LogP) is 7.62. The van der Waals surface area contributed by atoms with E-state index in [1.54, 1.807) is 24.3 Å². The fourth-order valence-corrected chi connectivity index (χ4v) is 5.34. The Morgan fingerprint density at radius 1 is 0.674 bits per heavy atom. The van der Waals surface area contributed by atoms with Crippen molar-refractivity contribution in [1.82, 2.24) is 4.98 Å². The number of aromatic nitrogens is 1. The smallest absolute Gasteiger partial charge is 0.237 e. The van der Waals surface area contributed by atoms with Gasteiger partial charge in [0.25, 0.3) is 11.4 Å². The summed E-state index contributed by atoms with van der Waals surface area (Å²) in [5, 5.41) is 39.6. The van der Waals surface area contributed by atoms with Crippen molar-refractivity contribution in [3.63, 3.8) is 0 Å². The van der Waals surface area contributed by atoms with Crippen LogP contribution in [0.5, 0.6) is 0 Å². The Bertz CT molecular complexity index is 2460. The molecule has 0 bridgehead atoms. The summed E-state index contributed by atoms with van der Waals surface area (Å²) < 4.78 is 61.4. The normalized spacial score (nSPS) is 14.7. The summed E-state index contributed by atoms with van der Waals surface area (Å²) in [4.78, 5) is 15.9. The minimum Gasteiger partial charge on any atom is -0.237 e. The van der Waals surface area contributed by atoms with Crippen molar-refractivity contribution in [3.05, 3.63) is 150 Å². The van der Waals surface area contributed by atoms with E-state index in [1.807, 2.05) is 0 Å². The van der Waals surface area contributed by atoms with Gasteiger partial charge in [0.2, 0.25) is 17.3 Å². The van der Waals surface area contributed by atoms with Crippen LogP contribution >= 0.6 is 0 Å². The molecule has 2 aliphatic rings. The molecule has 0 spiro atoms. The minimum absolute atomic E-state index is 0.297. The van der Waals surface area contributed by atoms with E-state index < -0.39 is 85.2 Å². The highest BCUT2D eigenvalue weighted by Gasteiger charge is 2.41. The second-order valence-corrected chi connectivity index (χ2v) is 9.19. The van der Waals surface area contributed by atoms with Gasteiger partial charge in [-0.25, -0.2) is 48.1 Å². The van der Waals surface area contributed by atoms with Gasteiger partial charge in [0.15, 0.2) is 0 Å². The summed E-state index contributed by atoms with van der Waals surface area (Å²) in [5.74, 6) is -4.87. The van der Waals surface area contributed by atoms with Crippen molar-refractivity contribution in [2.24, 2.45) is 0 Å². The second kappa shape index (κ2) is 11.1. The zero-order chi connectivity index (χ0) is 33.4. The second-order valence-electron chi connectivity index (χ2n) is 9.19. The van der Waals surface area contributed by atoms with E-state index in [-0.39, 0.29) is 27.8 Å². The predicted molar refractivity (Wildman–Crippen MR) is 152 cm³/mol. The van der Waals surface area contributed by atoms with Gasteiger partial charge < -0.3 is 0 Å². The molecule has 0 aliphatic heterocycles. The average Bonchev–Trinajstić information content (AvgIpc) is 3.56. The van der Waals surface area contributed by atoms with Crippen LogP contribution in [0.15, 0.2) is 41.9 Å². The number of nitriles is 4. The third kappa shape index (κ3) is 4.05. The van der Waals surface area contributed by atoms with E-state index in [9.17, 15) is 29.8 Å². The molecule has 0 saturated heterocycles.